The predicted molar refractivity (Wildman–Crippen MR) is 259 cm³/mol. The van der Waals surface area contributed by atoms with E-state index in [2.05, 4.69) is 5.10 Å². The Labute approximate surface area is 402 Å². The van der Waals surface area contributed by atoms with E-state index in [-0.39, 0.29) is 42.7 Å². The van der Waals surface area contributed by atoms with Gasteiger partial charge in [-0.25, -0.2) is 18.6 Å². The Balaban J connectivity index is 1.07. The van der Waals surface area contributed by atoms with Gasteiger partial charge in [0, 0.05) is 37.2 Å². The van der Waals surface area contributed by atoms with E-state index in [0.29, 0.717) is 88.5 Å². The Morgan fingerprint density at radius 1 is 0.667 bits per heavy atom. The molecule has 1 saturated carbocycles. The lowest BCUT2D eigenvalue weighted by Gasteiger charge is -2.26. The lowest BCUT2D eigenvalue weighted by Crippen LogP contribution is -2.28. The fourth-order valence-electron chi connectivity index (χ4n) is 8.66. The number of carboxylic acids is 2. The van der Waals surface area contributed by atoms with Crippen LogP contribution in [0, 0.1) is 25.7 Å². The van der Waals surface area contributed by atoms with Crippen LogP contribution in [0.25, 0.3) is 11.0 Å². The van der Waals surface area contributed by atoms with Crippen molar-refractivity contribution in [2.75, 3.05) is 41.2 Å². The number of benzene rings is 2. The summed E-state index contributed by atoms with van der Waals surface area (Å²) in [5, 5.41) is 53.4. The third kappa shape index (κ3) is 11.8. The second kappa shape index (κ2) is 22.0. The smallest absolute Gasteiger partial charge is 0.354 e. The number of methoxy groups -OCH3 is 3. The van der Waals surface area contributed by atoms with Crippen molar-refractivity contribution in [3.05, 3.63) is 117 Å². The van der Waals surface area contributed by atoms with Crippen molar-refractivity contribution >= 4 is 23.0 Å². The number of rotatable bonds is 25. The largest absolute Gasteiger partial charge is 0.496 e. The van der Waals surface area contributed by atoms with Crippen molar-refractivity contribution in [1.82, 2.24) is 19.2 Å². The molecular weight excluding hydrogens is 885 g/mol. The van der Waals surface area contributed by atoms with Crippen LogP contribution in [0.2, 0.25) is 0 Å². The van der Waals surface area contributed by atoms with Gasteiger partial charge < -0.3 is 48.8 Å². The topological polar surface area (TPSA) is 205 Å². The second-order valence-electron chi connectivity index (χ2n) is 18.7. The molecule has 69 heavy (non-hydrogen) atoms. The van der Waals surface area contributed by atoms with E-state index in [1.165, 1.54) is 9.03 Å². The number of aliphatic hydroxyl groups excluding tert-OH is 2. The van der Waals surface area contributed by atoms with Gasteiger partial charge in [-0.05, 0) is 140 Å². The van der Waals surface area contributed by atoms with Crippen molar-refractivity contribution in [3.63, 3.8) is 0 Å². The number of ether oxygens (including phenoxy) is 6. The molecule has 1 unspecified atom stereocenters. The summed E-state index contributed by atoms with van der Waals surface area (Å²) in [7, 11) is 4.68. The molecule has 16 nitrogen and oxygen atoms in total. The lowest BCUT2D eigenvalue weighted by atomic mass is 9.98. The molecule has 6 aromatic rings. The summed E-state index contributed by atoms with van der Waals surface area (Å²) in [5.41, 5.74) is 7.05. The quantitative estimate of drug-likeness (QED) is 0.0425. The fourth-order valence-corrected chi connectivity index (χ4v) is 8.66. The van der Waals surface area contributed by atoms with Gasteiger partial charge in [-0.15, -0.1) is 0 Å². The van der Waals surface area contributed by atoms with E-state index in [9.17, 15) is 30.0 Å². The lowest BCUT2D eigenvalue weighted by molar-refractivity contribution is -0.0509. The molecule has 0 radical (unpaired) electrons. The summed E-state index contributed by atoms with van der Waals surface area (Å²) < 4.78 is 39.2. The summed E-state index contributed by atoms with van der Waals surface area (Å²) in [6.07, 6.45) is -0.123. The molecule has 2 aromatic carbocycles. The highest BCUT2D eigenvalue weighted by Crippen LogP contribution is 2.41. The number of carbonyl (C=O) groups is 2. The molecule has 5 atom stereocenters. The average Bonchev–Trinajstić information content (AvgIpc) is 3.98. The van der Waals surface area contributed by atoms with E-state index in [1.54, 1.807) is 57.7 Å². The molecule has 0 aliphatic heterocycles. The molecular formula is C53H66N4O12. The number of aryl methyl sites for hydroxylation is 1. The van der Waals surface area contributed by atoms with Gasteiger partial charge in [-0.3, -0.25) is 0 Å². The van der Waals surface area contributed by atoms with Gasteiger partial charge in [0.1, 0.15) is 35.2 Å². The predicted octanol–water partition coefficient (Wildman–Crippen LogP) is 8.54. The fraction of sp³-hybridized carbons (Fsp3) is 0.472. The molecule has 16 heteroatoms. The van der Waals surface area contributed by atoms with Gasteiger partial charge in [-0.1, -0.05) is 27.7 Å². The van der Waals surface area contributed by atoms with Crippen LogP contribution in [0.15, 0.2) is 60.7 Å². The van der Waals surface area contributed by atoms with Crippen molar-refractivity contribution in [2.24, 2.45) is 11.8 Å². The Hall–Kier alpha value is -6.20. The first-order valence-corrected chi connectivity index (χ1v) is 23.7. The number of hydrogen-bond donors (Lipinski definition) is 4. The van der Waals surface area contributed by atoms with Crippen molar-refractivity contribution < 1.29 is 58.4 Å². The maximum Gasteiger partial charge on any atom is 0.354 e. The molecule has 0 amide bonds. The van der Waals surface area contributed by atoms with E-state index >= 15 is 0 Å². The maximum atomic E-state index is 12.3. The Bertz CT molecular complexity index is 2750. The molecule has 7 rings (SSSR count). The molecule has 1 aliphatic rings. The monoisotopic (exact) mass is 950 g/mol. The van der Waals surface area contributed by atoms with Crippen LogP contribution < -0.4 is 18.9 Å². The van der Waals surface area contributed by atoms with E-state index < -0.39 is 36.4 Å². The molecule has 370 valence electrons. The number of aromatic nitrogens is 4. The summed E-state index contributed by atoms with van der Waals surface area (Å²) in [4.78, 5) is 24.5. The van der Waals surface area contributed by atoms with Crippen LogP contribution in [0.4, 0.5) is 0 Å². The SMILES string of the molecule is CCc1cc(C(=O)O)n2nc(C[C@H](OCC(C)C)[C@H](O)c3cc(OC)c(C)c(OCCC(C)CO[C@@H](Cc4cc5cc(C6CC6)cc(C(=O)O)n5n4)[C@H](O)c4cc(OC)c(C)c(OC)c4)c3)cc2c1. The maximum absolute atomic E-state index is 12.3. The van der Waals surface area contributed by atoms with Crippen molar-refractivity contribution in [2.45, 2.75) is 110 Å². The zero-order chi connectivity index (χ0) is 49.7. The van der Waals surface area contributed by atoms with Crippen LogP contribution in [0.3, 0.4) is 0 Å². The van der Waals surface area contributed by atoms with Gasteiger partial charge in [0.15, 0.2) is 11.4 Å². The van der Waals surface area contributed by atoms with Gasteiger partial charge in [-0.2, -0.15) is 10.2 Å². The van der Waals surface area contributed by atoms with Crippen molar-refractivity contribution in [1.29, 1.82) is 0 Å². The zero-order valence-corrected chi connectivity index (χ0v) is 41.0. The number of hydrogen-bond acceptors (Lipinski definition) is 12. The molecule has 0 bridgehead atoms. The summed E-state index contributed by atoms with van der Waals surface area (Å²) in [6.45, 7) is 12.7. The van der Waals surface area contributed by atoms with Gasteiger partial charge in [0.05, 0.1) is 62.6 Å². The number of pyridine rings is 2. The number of fused-ring (bicyclic) bond motifs is 2. The van der Waals surface area contributed by atoms with Crippen molar-refractivity contribution in [3.8, 4) is 23.0 Å². The normalized spacial score (nSPS) is 15.0. The second-order valence-corrected chi connectivity index (χ2v) is 18.7. The first-order valence-electron chi connectivity index (χ1n) is 23.7. The molecule has 4 aromatic heterocycles. The number of aromatic carboxylic acids is 2. The molecule has 1 fully saturated rings. The number of carboxylic acid groups (broad SMARTS) is 2. The van der Waals surface area contributed by atoms with Gasteiger partial charge >= 0.3 is 11.9 Å². The summed E-state index contributed by atoms with van der Waals surface area (Å²) >= 11 is 0. The molecule has 4 heterocycles. The first-order chi connectivity index (χ1) is 33.0. The highest BCUT2D eigenvalue weighted by molar-refractivity contribution is 5.87. The zero-order valence-electron chi connectivity index (χ0n) is 41.0. The van der Waals surface area contributed by atoms with Crippen LogP contribution in [0.1, 0.15) is 131 Å². The Kier molecular flexibility index (Phi) is 16.2. The Morgan fingerprint density at radius 3 is 1.62 bits per heavy atom. The molecule has 0 spiro atoms. The third-order valence-corrected chi connectivity index (χ3v) is 12.8. The highest BCUT2D eigenvalue weighted by Gasteiger charge is 2.30. The first kappa shape index (κ1) is 50.7. The number of aliphatic hydroxyl groups is 2. The van der Waals surface area contributed by atoms with Crippen LogP contribution >= 0.6 is 0 Å². The van der Waals surface area contributed by atoms with E-state index in [0.717, 1.165) is 35.1 Å². The molecule has 1 aliphatic carbocycles. The third-order valence-electron chi connectivity index (χ3n) is 12.8. The highest BCUT2D eigenvalue weighted by atomic mass is 16.5. The van der Waals surface area contributed by atoms with Gasteiger partial charge in [0.25, 0.3) is 0 Å². The average molecular weight is 951 g/mol. The van der Waals surface area contributed by atoms with E-state index in [4.69, 9.17) is 33.5 Å². The standard InChI is InChI=1S/C53H66N4O12/c1-10-33-15-40-23-38(54-56(40)42(16-33)52(60)61)25-48(68-27-29(2)3)51(59)37-21-46(66-9)32(6)47(22-37)67-14-13-30(4)28-69-49(50(58)36-19-44(64-7)31(5)45(20-36)65-8)26-39-24-41-17-35(34-11-12-34)18-43(53(62)63)57(41)55-39/h15-24,29-30,34,48-51,58-59H,10-14,25-28H2,1-9H3,(H,60,61)(H,62,63)/t30?,48-,49-,50+,51+/m0/s1. The summed E-state index contributed by atoms with van der Waals surface area (Å²) in [6, 6.07) is 18.0. The number of nitrogens with zero attached hydrogens (tertiary/aromatic N) is 4. The van der Waals surface area contributed by atoms with Crippen LogP contribution in [-0.2, 0) is 28.7 Å². The van der Waals surface area contributed by atoms with Crippen LogP contribution in [-0.4, -0.2) is 105 Å². The Morgan fingerprint density at radius 2 is 1.14 bits per heavy atom. The minimum absolute atomic E-state index is 0.0483. The van der Waals surface area contributed by atoms with E-state index in [1.807, 2.05) is 65.8 Å². The summed E-state index contributed by atoms with van der Waals surface area (Å²) in [5.74, 6) is 0.476. The minimum atomic E-state index is -1.14. The molecule has 4 N–H and O–H groups in total. The van der Waals surface area contributed by atoms with Crippen LogP contribution in [0.5, 0.6) is 23.0 Å². The molecule has 0 saturated heterocycles. The minimum Gasteiger partial charge on any atom is -0.496 e. The van der Waals surface area contributed by atoms with Gasteiger partial charge in [0.2, 0.25) is 0 Å².